The Hall–Kier alpha value is -0.680. The predicted molar refractivity (Wildman–Crippen MR) is 77.5 cm³/mol. The van der Waals surface area contributed by atoms with Crippen molar-refractivity contribution >= 4 is 0 Å². The van der Waals surface area contributed by atoms with E-state index in [1.807, 2.05) is 13.8 Å². The Morgan fingerprint density at radius 1 is 1.20 bits per heavy atom. The topological polar surface area (TPSA) is 36.9 Å². The minimum absolute atomic E-state index is 0.0267. The van der Waals surface area contributed by atoms with Crippen molar-refractivity contribution in [2.75, 3.05) is 27.4 Å². The molecule has 0 aromatic heterocycles. The van der Waals surface area contributed by atoms with Gasteiger partial charge in [-0.25, -0.2) is 0 Å². The van der Waals surface area contributed by atoms with Crippen LogP contribution < -0.4 is 0 Å². The molecular weight excluding hydrogens is 256 g/mol. The first kappa shape index (κ1) is 15.7. The minimum atomic E-state index is -0.219. The van der Waals surface area contributed by atoms with E-state index >= 15 is 0 Å². The molecule has 0 bridgehead atoms. The first-order valence-electron chi connectivity index (χ1n) is 7.27. The van der Waals surface area contributed by atoms with Gasteiger partial charge in [0.15, 0.2) is 6.29 Å². The molecule has 0 radical (unpaired) electrons. The van der Waals surface area contributed by atoms with Gasteiger partial charge in [-0.2, -0.15) is 0 Å². The maximum Gasteiger partial charge on any atom is 0.166 e. The summed E-state index contributed by atoms with van der Waals surface area (Å²) in [6.45, 7) is 5.04. The van der Waals surface area contributed by atoms with Crippen LogP contribution in [0.3, 0.4) is 0 Å². The summed E-state index contributed by atoms with van der Waals surface area (Å²) in [6.07, 6.45) is 9.59. The molecule has 0 amide bonds. The van der Waals surface area contributed by atoms with E-state index in [4.69, 9.17) is 18.9 Å². The van der Waals surface area contributed by atoms with Crippen LogP contribution in [-0.4, -0.2) is 45.9 Å². The van der Waals surface area contributed by atoms with Crippen molar-refractivity contribution in [1.29, 1.82) is 0 Å². The Bertz CT molecular complexity index is 363. The number of hydrogen-bond acceptors (Lipinski definition) is 4. The number of hydrogen-bond donors (Lipinski definition) is 0. The third-order valence-corrected chi connectivity index (χ3v) is 3.87. The SMILES string of the molecule is COCC(COC(OC)C12C=CC=CC1C2)OC(C)C. The van der Waals surface area contributed by atoms with Crippen LogP contribution in [0, 0.1) is 11.3 Å². The molecule has 0 saturated heterocycles. The van der Waals surface area contributed by atoms with Crippen LogP contribution in [0.4, 0.5) is 0 Å². The smallest absolute Gasteiger partial charge is 0.166 e. The molecule has 0 spiro atoms. The molecule has 2 aliphatic rings. The van der Waals surface area contributed by atoms with Crippen molar-refractivity contribution in [1.82, 2.24) is 0 Å². The maximum atomic E-state index is 5.98. The average molecular weight is 282 g/mol. The molecule has 20 heavy (non-hydrogen) atoms. The highest BCUT2D eigenvalue weighted by Gasteiger charge is 2.58. The van der Waals surface area contributed by atoms with E-state index < -0.39 is 0 Å². The van der Waals surface area contributed by atoms with Gasteiger partial charge in [-0.15, -0.1) is 0 Å². The predicted octanol–water partition coefficient (Wildman–Crippen LogP) is 2.55. The average Bonchev–Trinajstić information content (AvgIpc) is 3.14. The highest BCUT2D eigenvalue weighted by molar-refractivity contribution is 5.30. The zero-order chi connectivity index (χ0) is 14.6. The summed E-state index contributed by atoms with van der Waals surface area (Å²) in [4.78, 5) is 0. The molecule has 114 valence electrons. The number of ether oxygens (including phenoxy) is 4. The van der Waals surface area contributed by atoms with Gasteiger partial charge in [0.25, 0.3) is 0 Å². The fraction of sp³-hybridized carbons (Fsp3) is 0.750. The molecule has 0 heterocycles. The van der Waals surface area contributed by atoms with Gasteiger partial charge in [-0.3, -0.25) is 0 Å². The summed E-state index contributed by atoms with van der Waals surface area (Å²) in [5.41, 5.74) is 0.0267. The van der Waals surface area contributed by atoms with Gasteiger partial charge in [-0.1, -0.05) is 24.3 Å². The Labute approximate surface area is 121 Å². The summed E-state index contributed by atoms with van der Waals surface area (Å²) in [6, 6.07) is 0. The molecule has 4 atom stereocenters. The molecule has 0 N–H and O–H groups in total. The molecule has 2 aliphatic carbocycles. The molecular formula is C16H26O4. The van der Waals surface area contributed by atoms with Crippen LogP contribution in [-0.2, 0) is 18.9 Å². The molecule has 1 saturated carbocycles. The molecule has 0 aromatic rings. The minimum Gasteiger partial charge on any atom is -0.382 e. The second-order valence-corrected chi connectivity index (χ2v) is 5.83. The molecule has 2 rings (SSSR count). The molecule has 4 unspecified atom stereocenters. The lowest BCUT2D eigenvalue weighted by molar-refractivity contribution is -0.184. The quantitative estimate of drug-likeness (QED) is 0.609. The molecule has 4 nitrogen and oxygen atoms in total. The van der Waals surface area contributed by atoms with Crippen LogP contribution in [0.1, 0.15) is 20.3 Å². The van der Waals surface area contributed by atoms with Crippen LogP contribution in [0.2, 0.25) is 0 Å². The second kappa shape index (κ2) is 6.85. The lowest BCUT2D eigenvalue weighted by Crippen LogP contribution is -2.35. The standard InChI is InChI=1S/C16H26O4/c1-12(2)20-14(10-17-3)11-19-15(18-4)16-8-6-5-7-13(16)9-16/h5-8,12-15H,9-11H2,1-4H3. The van der Waals surface area contributed by atoms with Crippen LogP contribution >= 0.6 is 0 Å². The fourth-order valence-corrected chi connectivity index (χ4v) is 2.88. The molecule has 0 aliphatic heterocycles. The zero-order valence-electron chi connectivity index (χ0n) is 12.9. The normalized spacial score (nSPS) is 30.4. The van der Waals surface area contributed by atoms with Crippen LogP contribution in [0.15, 0.2) is 24.3 Å². The van der Waals surface area contributed by atoms with Crippen molar-refractivity contribution < 1.29 is 18.9 Å². The second-order valence-electron chi connectivity index (χ2n) is 5.83. The number of allylic oxidation sites excluding steroid dienone is 3. The third kappa shape index (κ3) is 3.50. The van der Waals surface area contributed by atoms with Crippen molar-refractivity contribution in [3.05, 3.63) is 24.3 Å². The van der Waals surface area contributed by atoms with Crippen molar-refractivity contribution in [2.24, 2.45) is 11.3 Å². The van der Waals surface area contributed by atoms with Gasteiger partial charge in [-0.05, 0) is 26.2 Å². The number of methoxy groups -OCH3 is 2. The first-order valence-corrected chi connectivity index (χ1v) is 7.27. The van der Waals surface area contributed by atoms with Gasteiger partial charge in [0, 0.05) is 19.6 Å². The Morgan fingerprint density at radius 3 is 2.60 bits per heavy atom. The summed E-state index contributed by atoms with van der Waals surface area (Å²) in [7, 11) is 3.38. The van der Waals surface area contributed by atoms with E-state index in [1.165, 1.54) is 0 Å². The summed E-state index contributed by atoms with van der Waals surface area (Å²) in [5.74, 6) is 0.546. The Balaban J connectivity index is 1.87. The lowest BCUT2D eigenvalue weighted by atomic mass is 9.98. The number of fused-ring (bicyclic) bond motifs is 1. The zero-order valence-corrected chi connectivity index (χ0v) is 12.9. The van der Waals surface area contributed by atoms with Crippen molar-refractivity contribution in [3.63, 3.8) is 0 Å². The monoisotopic (exact) mass is 282 g/mol. The third-order valence-electron chi connectivity index (χ3n) is 3.87. The highest BCUT2D eigenvalue weighted by Crippen LogP contribution is 2.59. The Morgan fingerprint density at radius 2 is 2.00 bits per heavy atom. The summed E-state index contributed by atoms with van der Waals surface area (Å²) >= 11 is 0. The van der Waals surface area contributed by atoms with Gasteiger partial charge in [0.05, 0.1) is 19.3 Å². The highest BCUT2D eigenvalue weighted by atomic mass is 16.7. The van der Waals surface area contributed by atoms with E-state index in [0.717, 1.165) is 6.42 Å². The summed E-state index contributed by atoms with van der Waals surface area (Å²) < 4.78 is 22.5. The largest absolute Gasteiger partial charge is 0.382 e. The molecule has 4 heteroatoms. The van der Waals surface area contributed by atoms with E-state index in [0.29, 0.717) is 19.1 Å². The first-order chi connectivity index (χ1) is 9.62. The molecule has 0 aromatic carbocycles. The van der Waals surface area contributed by atoms with Crippen molar-refractivity contribution in [3.8, 4) is 0 Å². The van der Waals surface area contributed by atoms with Gasteiger partial charge in [0.1, 0.15) is 6.10 Å². The van der Waals surface area contributed by atoms with E-state index in [9.17, 15) is 0 Å². The maximum absolute atomic E-state index is 5.98. The van der Waals surface area contributed by atoms with E-state index in [2.05, 4.69) is 24.3 Å². The van der Waals surface area contributed by atoms with Crippen molar-refractivity contribution in [2.45, 2.75) is 38.8 Å². The summed E-state index contributed by atoms with van der Waals surface area (Å²) in [5, 5.41) is 0. The fourth-order valence-electron chi connectivity index (χ4n) is 2.88. The lowest BCUT2D eigenvalue weighted by Gasteiger charge is -2.28. The Kier molecular flexibility index (Phi) is 5.38. The van der Waals surface area contributed by atoms with E-state index in [-0.39, 0.29) is 23.9 Å². The number of rotatable bonds is 9. The van der Waals surface area contributed by atoms with Crippen LogP contribution in [0.25, 0.3) is 0 Å². The molecule has 1 fully saturated rings. The van der Waals surface area contributed by atoms with E-state index in [1.54, 1.807) is 14.2 Å². The van der Waals surface area contributed by atoms with Gasteiger partial charge >= 0.3 is 0 Å². The van der Waals surface area contributed by atoms with Gasteiger partial charge in [0.2, 0.25) is 0 Å². The van der Waals surface area contributed by atoms with Crippen LogP contribution in [0.5, 0.6) is 0 Å². The van der Waals surface area contributed by atoms with Gasteiger partial charge < -0.3 is 18.9 Å².